The average Bonchev–Trinajstić information content (AvgIpc) is 3.16. The molecule has 1 fully saturated rings. The van der Waals surface area contributed by atoms with Gasteiger partial charge >= 0.3 is 6.61 Å². The van der Waals surface area contributed by atoms with Crippen molar-refractivity contribution in [1.29, 1.82) is 0 Å². The number of carbonyl (C=O) groups is 1. The molecule has 0 unspecified atom stereocenters. The zero-order valence-corrected chi connectivity index (χ0v) is 12.6. The molecule has 4 nitrogen and oxygen atoms in total. The van der Waals surface area contributed by atoms with Crippen LogP contribution in [0.2, 0.25) is 5.02 Å². The Hall–Kier alpha value is -1.11. The number of halogens is 4. The Balaban J connectivity index is 0.00000220. The topological polar surface area (TPSA) is 50.4 Å². The summed E-state index contributed by atoms with van der Waals surface area (Å²) < 4.78 is 28.3. The third kappa shape index (κ3) is 6.46. The van der Waals surface area contributed by atoms with Crippen LogP contribution in [0.4, 0.5) is 14.5 Å². The van der Waals surface area contributed by atoms with Gasteiger partial charge < -0.3 is 15.4 Å². The van der Waals surface area contributed by atoms with Gasteiger partial charge in [-0.05, 0) is 43.5 Å². The number of anilines is 1. The smallest absolute Gasteiger partial charge is 0.387 e. The second-order valence-corrected chi connectivity index (χ2v) is 5.05. The fourth-order valence-corrected chi connectivity index (χ4v) is 1.91. The molecule has 1 amide bonds. The third-order valence-corrected chi connectivity index (χ3v) is 3.14. The molecule has 0 aliphatic heterocycles. The summed E-state index contributed by atoms with van der Waals surface area (Å²) in [4.78, 5) is 11.6. The number of alkyl halides is 2. The Morgan fingerprint density at radius 2 is 2.14 bits per heavy atom. The predicted octanol–water partition coefficient (Wildman–Crippen LogP) is 3.30. The molecule has 0 radical (unpaired) electrons. The van der Waals surface area contributed by atoms with Gasteiger partial charge in [0.25, 0.3) is 0 Å². The van der Waals surface area contributed by atoms with E-state index in [0.717, 1.165) is 6.54 Å². The van der Waals surface area contributed by atoms with Gasteiger partial charge in [0.2, 0.25) is 5.91 Å². The highest BCUT2D eigenvalue weighted by Crippen LogP contribution is 2.29. The van der Waals surface area contributed by atoms with Crippen LogP contribution in [-0.4, -0.2) is 25.6 Å². The first-order valence-corrected chi connectivity index (χ1v) is 6.67. The molecule has 0 spiro atoms. The van der Waals surface area contributed by atoms with E-state index in [0.29, 0.717) is 11.6 Å². The first-order chi connectivity index (χ1) is 9.54. The van der Waals surface area contributed by atoms with E-state index in [4.69, 9.17) is 11.6 Å². The minimum absolute atomic E-state index is 0. The second-order valence-electron chi connectivity index (χ2n) is 4.65. The monoisotopic (exact) mass is 340 g/mol. The maximum Gasteiger partial charge on any atom is 0.387 e. The van der Waals surface area contributed by atoms with Crippen molar-refractivity contribution in [2.45, 2.75) is 19.5 Å². The lowest BCUT2D eigenvalue weighted by molar-refractivity contribution is -0.115. The summed E-state index contributed by atoms with van der Waals surface area (Å²) in [6.45, 7) is -1.88. The van der Waals surface area contributed by atoms with E-state index in [1.807, 2.05) is 0 Å². The first kappa shape index (κ1) is 17.9. The van der Waals surface area contributed by atoms with Gasteiger partial charge in [-0.25, -0.2) is 0 Å². The van der Waals surface area contributed by atoms with E-state index >= 15 is 0 Å². The summed E-state index contributed by atoms with van der Waals surface area (Å²) in [5.41, 5.74) is 0.440. The van der Waals surface area contributed by atoms with Crippen molar-refractivity contribution < 1.29 is 18.3 Å². The van der Waals surface area contributed by atoms with Crippen molar-refractivity contribution in [3.05, 3.63) is 23.2 Å². The SMILES string of the molecule is Cl.O=C(CNCC1CC1)Nc1ccc(OC(F)F)c(Cl)c1. The number of carbonyl (C=O) groups excluding carboxylic acids is 1. The fourth-order valence-electron chi connectivity index (χ4n) is 1.69. The van der Waals surface area contributed by atoms with E-state index in [9.17, 15) is 13.6 Å². The Kier molecular flexibility index (Phi) is 7.14. The summed E-state index contributed by atoms with van der Waals surface area (Å²) in [6, 6.07) is 4.13. The van der Waals surface area contributed by atoms with E-state index in [1.165, 1.54) is 31.0 Å². The zero-order valence-electron chi connectivity index (χ0n) is 11.1. The molecule has 0 atom stereocenters. The highest BCUT2D eigenvalue weighted by molar-refractivity contribution is 6.32. The summed E-state index contributed by atoms with van der Waals surface area (Å²) in [5.74, 6) is 0.374. The Bertz CT molecular complexity index is 485. The number of hydrogen-bond acceptors (Lipinski definition) is 3. The van der Waals surface area contributed by atoms with Crippen LogP contribution in [0.25, 0.3) is 0 Å². The highest BCUT2D eigenvalue weighted by Gasteiger charge is 2.20. The summed E-state index contributed by atoms with van der Waals surface area (Å²) in [7, 11) is 0. The molecule has 21 heavy (non-hydrogen) atoms. The molecule has 8 heteroatoms. The lowest BCUT2D eigenvalue weighted by Gasteiger charge is -2.10. The maximum absolute atomic E-state index is 12.1. The molecule has 2 rings (SSSR count). The predicted molar refractivity (Wildman–Crippen MR) is 79.6 cm³/mol. The number of amides is 1. The molecule has 1 aliphatic rings. The number of hydrogen-bond donors (Lipinski definition) is 2. The standard InChI is InChI=1S/C13H15ClF2N2O2.ClH/c14-10-5-9(3-4-11(10)20-13(15)16)18-12(19)7-17-6-8-1-2-8;/h3-5,8,13,17H,1-2,6-7H2,(H,18,19);1H. The van der Waals surface area contributed by atoms with Crippen LogP contribution in [0.15, 0.2) is 18.2 Å². The second kappa shape index (κ2) is 8.36. The number of nitrogens with one attached hydrogen (secondary N) is 2. The van der Waals surface area contributed by atoms with Crippen molar-refractivity contribution in [1.82, 2.24) is 5.32 Å². The molecule has 0 heterocycles. The largest absolute Gasteiger partial charge is 0.433 e. The Morgan fingerprint density at radius 1 is 1.43 bits per heavy atom. The molecule has 0 saturated heterocycles. The normalized spacial score (nSPS) is 13.7. The summed E-state index contributed by atoms with van der Waals surface area (Å²) in [5, 5.41) is 5.70. The van der Waals surface area contributed by atoms with Gasteiger partial charge in [0.05, 0.1) is 11.6 Å². The minimum Gasteiger partial charge on any atom is -0.433 e. The van der Waals surface area contributed by atoms with Gasteiger partial charge in [0.15, 0.2) is 0 Å². The third-order valence-electron chi connectivity index (χ3n) is 2.85. The van der Waals surface area contributed by atoms with Crippen molar-refractivity contribution in [2.24, 2.45) is 5.92 Å². The van der Waals surface area contributed by atoms with Crippen LogP contribution in [0.3, 0.4) is 0 Å². The highest BCUT2D eigenvalue weighted by atomic mass is 35.5. The molecule has 2 N–H and O–H groups in total. The van der Waals surface area contributed by atoms with Gasteiger partial charge in [-0.1, -0.05) is 11.6 Å². The summed E-state index contributed by atoms with van der Waals surface area (Å²) in [6.07, 6.45) is 2.44. The molecule has 118 valence electrons. The quantitative estimate of drug-likeness (QED) is 0.800. The lowest BCUT2D eigenvalue weighted by Crippen LogP contribution is -2.29. The van der Waals surface area contributed by atoms with Gasteiger partial charge in [-0.15, -0.1) is 12.4 Å². The molecule has 1 aromatic carbocycles. The molecular weight excluding hydrogens is 325 g/mol. The molecular formula is C13H16Cl2F2N2O2. The van der Waals surface area contributed by atoms with Gasteiger partial charge in [-0.2, -0.15) is 8.78 Å². The van der Waals surface area contributed by atoms with E-state index < -0.39 is 6.61 Å². The van der Waals surface area contributed by atoms with Gasteiger partial charge in [-0.3, -0.25) is 4.79 Å². The van der Waals surface area contributed by atoms with E-state index in [2.05, 4.69) is 15.4 Å². The van der Waals surface area contributed by atoms with Crippen LogP contribution in [0.1, 0.15) is 12.8 Å². The molecule has 1 saturated carbocycles. The number of rotatable bonds is 7. The van der Waals surface area contributed by atoms with Crippen LogP contribution < -0.4 is 15.4 Å². The van der Waals surface area contributed by atoms with Crippen LogP contribution in [0.5, 0.6) is 5.75 Å². The van der Waals surface area contributed by atoms with Crippen LogP contribution in [-0.2, 0) is 4.79 Å². The van der Waals surface area contributed by atoms with E-state index in [1.54, 1.807) is 0 Å². The van der Waals surface area contributed by atoms with Crippen molar-refractivity contribution in [3.8, 4) is 5.75 Å². The molecule has 0 aromatic heterocycles. The minimum atomic E-state index is -2.93. The van der Waals surface area contributed by atoms with Crippen molar-refractivity contribution >= 4 is 35.6 Å². The number of benzene rings is 1. The maximum atomic E-state index is 12.1. The Morgan fingerprint density at radius 3 is 2.71 bits per heavy atom. The van der Waals surface area contributed by atoms with Crippen molar-refractivity contribution in [3.63, 3.8) is 0 Å². The van der Waals surface area contributed by atoms with Crippen LogP contribution in [0, 0.1) is 5.92 Å². The molecule has 0 bridgehead atoms. The van der Waals surface area contributed by atoms with Gasteiger partial charge in [0, 0.05) is 5.69 Å². The van der Waals surface area contributed by atoms with Crippen molar-refractivity contribution in [2.75, 3.05) is 18.4 Å². The Labute approximate surface area is 132 Å². The van der Waals surface area contributed by atoms with E-state index in [-0.39, 0.29) is 35.6 Å². The lowest BCUT2D eigenvalue weighted by atomic mass is 10.3. The number of ether oxygens (including phenoxy) is 1. The zero-order chi connectivity index (χ0) is 14.5. The average molecular weight is 341 g/mol. The summed E-state index contributed by atoms with van der Waals surface area (Å²) >= 11 is 5.79. The molecule has 1 aromatic rings. The first-order valence-electron chi connectivity index (χ1n) is 6.29. The molecule has 1 aliphatic carbocycles. The van der Waals surface area contributed by atoms with Crippen LogP contribution >= 0.6 is 24.0 Å². The fraction of sp³-hybridized carbons (Fsp3) is 0.462. The van der Waals surface area contributed by atoms with Gasteiger partial charge in [0.1, 0.15) is 5.75 Å².